The third-order valence-corrected chi connectivity index (χ3v) is 5.48. The summed E-state index contributed by atoms with van der Waals surface area (Å²) >= 11 is 0. The van der Waals surface area contributed by atoms with Crippen LogP contribution in [0.5, 0.6) is 5.75 Å². The predicted molar refractivity (Wildman–Crippen MR) is 117 cm³/mol. The maximum atomic E-state index is 11.9. The van der Waals surface area contributed by atoms with Crippen molar-refractivity contribution in [2.45, 2.75) is 31.8 Å². The lowest BCUT2D eigenvalue weighted by atomic mass is 10.0. The molecule has 1 atom stereocenters. The van der Waals surface area contributed by atoms with Gasteiger partial charge in [0, 0.05) is 43.0 Å². The third-order valence-electron chi connectivity index (χ3n) is 5.48. The number of hydrogen-bond donors (Lipinski definition) is 0. The van der Waals surface area contributed by atoms with E-state index in [1.54, 1.807) is 6.92 Å². The van der Waals surface area contributed by atoms with Crippen LogP contribution in [-0.2, 0) is 20.7 Å². The topological polar surface area (TPSA) is 70.5 Å². The van der Waals surface area contributed by atoms with E-state index in [0.29, 0.717) is 19.6 Å². The van der Waals surface area contributed by atoms with Gasteiger partial charge < -0.3 is 14.2 Å². The van der Waals surface area contributed by atoms with Crippen LogP contribution in [0.2, 0.25) is 0 Å². The van der Waals surface area contributed by atoms with Crippen molar-refractivity contribution >= 4 is 5.97 Å². The normalized spacial score (nSPS) is 13.4. The molecular formula is C25H26N2O4. The largest absolute Gasteiger partial charge is 0.494 e. The minimum absolute atomic E-state index is 0.138. The molecule has 0 N–H and O–H groups in total. The number of benzene rings is 1. The average molecular weight is 418 g/mol. The molecule has 1 aromatic carbocycles. The van der Waals surface area contributed by atoms with E-state index in [1.165, 1.54) is 7.11 Å². The van der Waals surface area contributed by atoms with Crippen molar-refractivity contribution in [1.82, 2.24) is 9.97 Å². The van der Waals surface area contributed by atoms with Crippen LogP contribution in [0, 0.1) is 0 Å². The highest BCUT2D eigenvalue weighted by atomic mass is 16.6. The summed E-state index contributed by atoms with van der Waals surface area (Å²) < 4.78 is 16.3. The first-order valence-electron chi connectivity index (χ1n) is 10.5. The van der Waals surface area contributed by atoms with Crippen molar-refractivity contribution in [2.75, 3.05) is 20.3 Å². The highest BCUT2D eigenvalue weighted by Gasteiger charge is 2.30. The number of rotatable bonds is 9. The highest BCUT2D eigenvalue weighted by Crippen LogP contribution is 2.43. The van der Waals surface area contributed by atoms with Crippen LogP contribution in [0.4, 0.5) is 0 Å². The fourth-order valence-electron chi connectivity index (χ4n) is 3.98. The maximum Gasteiger partial charge on any atom is 0.335 e. The molecule has 2 aromatic heterocycles. The van der Waals surface area contributed by atoms with Crippen molar-refractivity contribution < 1.29 is 19.0 Å². The Morgan fingerprint density at radius 1 is 1.00 bits per heavy atom. The second kappa shape index (κ2) is 9.71. The van der Waals surface area contributed by atoms with Gasteiger partial charge in [0.1, 0.15) is 5.75 Å². The van der Waals surface area contributed by atoms with Gasteiger partial charge in [-0.1, -0.05) is 24.3 Å². The van der Waals surface area contributed by atoms with Crippen LogP contribution in [0.25, 0.3) is 11.1 Å². The summed E-state index contributed by atoms with van der Waals surface area (Å²) in [5, 5.41) is 0. The van der Waals surface area contributed by atoms with Gasteiger partial charge in [0.25, 0.3) is 0 Å². The fourth-order valence-corrected chi connectivity index (χ4v) is 3.98. The van der Waals surface area contributed by atoms with Crippen molar-refractivity contribution in [1.29, 1.82) is 0 Å². The molecule has 0 fully saturated rings. The van der Waals surface area contributed by atoms with Gasteiger partial charge in [-0.25, -0.2) is 4.79 Å². The molecule has 0 bridgehead atoms. The summed E-state index contributed by atoms with van der Waals surface area (Å²) in [6, 6.07) is 15.9. The molecule has 6 nitrogen and oxygen atoms in total. The Bertz CT molecular complexity index is 990. The second-order valence-corrected chi connectivity index (χ2v) is 7.39. The molecule has 4 rings (SSSR count). The smallest absolute Gasteiger partial charge is 0.335 e. The number of carbonyl (C=O) groups is 1. The number of pyridine rings is 2. The number of ether oxygens (including phenoxy) is 3. The van der Waals surface area contributed by atoms with E-state index in [1.807, 2.05) is 48.8 Å². The molecule has 0 spiro atoms. The van der Waals surface area contributed by atoms with E-state index in [9.17, 15) is 4.79 Å². The van der Waals surface area contributed by atoms with Gasteiger partial charge in [0.15, 0.2) is 6.10 Å². The molecule has 0 saturated carbocycles. The first-order valence-corrected chi connectivity index (χ1v) is 10.5. The highest BCUT2D eigenvalue weighted by molar-refractivity contribution is 5.76. The SMILES string of the molecule is CCOC(=O)C(Cc1ccc(OCCC2c3ncccc3-c3cccnc32)cc1)OC. The number of nitrogens with zero attached hydrogens (tertiary/aromatic N) is 2. The standard InChI is InChI=1S/C25H26N2O4/c1-3-30-25(28)22(29-2)16-17-8-10-18(11-9-17)31-15-12-21-23-19(6-4-13-26-23)20-7-5-14-27-24(20)21/h4-11,13-14,21-22H,3,12,15-16H2,1-2H3. The lowest BCUT2D eigenvalue weighted by Gasteiger charge is -2.15. The Morgan fingerprint density at radius 2 is 1.65 bits per heavy atom. The first kappa shape index (κ1) is 21.0. The van der Waals surface area contributed by atoms with E-state index < -0.39 is 6.10 Å². The second-order valence-electron chi connectivity index (χ2n) is 7.39. The lowest BCUT2D eigenvalue weighted by molar-refractivity contribution is -0.154. The minimum Gasteiger partial charge on any atom is -0.494 e. The summed E-state index contributed by atoms with van der Waals surface area (Å²) in [5.41, 5.74) is 5.45. The third kappa shape index (κ3) is 4.59. The van der Waals surface area contributed by atoms with E-state index in [4.69, 9.17) is 14.2 Å². The molecular weight excluding hydrogens is 392 g/mol. The Hall–Kier alpha value is -3.25. The van der Waals surface area contributed by atoms with Crippen LogP contribution in [0.15, 0.2) is 60.9 Å². The van der Waals surface area contributed by atoms with Crippen LogP contribution >= 0.6 is 0 Å². The molecule has 31 heavy (non-hydrogen) atoms. The van der Waals surface area contributed by atoms with Gasteiger partial charge in [-0.15, -0.1) is 0 Å². The van der Waals surface area contributed by atoms with Crippen molar-refractivity contribution in [3.63, 3.8) is 0 Å². The van der Waals surface area contributed by atoms with Crippen LogP contribution in [0.1, 0.15) is 36.2 Å². The molecule has 1 aliphatic carbocycles. The zero-order chi connectivity index (χ0) is 21.6. The number of fused-ring (bicyclic) bond motifs is 3. The molecule has 1 unspecified atom stereocenters. The molecule has 0 saturated heterocycles. The van der Waals surface area contributed by atoms with Gasteiger partial charge in [0.2, 0.25) is 0 Å². The maximum absolute atomic E-state index is 11.9. The number of aromatic nitrogens is 2. The molecule has 1 aliphatic rings. The minimum atomic E-state index is -0.603. The number of esters is 1. The zero-order valence-corrected chi connectivity index (χ0v) is 17.8. The Balaban J connectivity index is 1.36. The molecule has 160 valence electrons. The zero-order valence-electron chi connectivity index (χ0n) is 17.8. The summed E-state index contributed by atoms with van der Waals surface area (Å²) in [6.45, 7) is 2.68. The van der Waals surface area contributed by atoms with Crippen molar-refractivity contribution in [3.8, 4) is 16.9 Å². The van der Waals surface area contributed by atoms with E-state index >= 15 is 0 Å². The molecule has 0 aliphatic heterocycles. The summed E-state index contributed by atoms with van der Waals surface area (Å²) in [5.74, 6) is 0.581. The van der Waals surface area contributed by atoms with Gasteiger partial charge in [-0.3, -0.25) is 9.97 Å². The Kier molecular flexibility index (Phi) is 6.57. The molecule has 2 heterocycles. The van der Waals surface area contributed by atoms with Gasteiger partial charge >= 0.3 is 5.97 Å². The summed E-state index contributed by atoms with van der Waals surface area (Å²) in [6.07, 6.45) is 4.32. The predicted octanol–water partition coefficient (Wildman–Crippen LogP) is 4.18. The number of hydrogen-bond acceptors (Lipinski definition) is 6. The van der Waals surface area contributed by atoms with Crippen LogP contribution in [0.3, 0.4) is 0 Å². The van der Waals surface area contributed by atoms with Gasteiger partial charge in [-0.2, -0.15) is 0 Å². The Labute approximate surface area is 182 Å². The fraction of sp³-hybridized carbons (Fsp3) is 0.320. The van der Waals surface area contributed by atoms with E-state index in [2.05, 4.69) is 22.1 Å². The van der Waals surface area contributed by atoms with Crippen molar-refractivity contribution in [2.24, 2.45) is 0 Å². The molecule has 0 radical (unpaired) electrons. The number of carbonyl (C=O) groups excluding carboxylic acids is 1. The van der Waals surface area contributed by atoms with Crippen LogP contribution in [-0.4, -0.2) is 42.4 Å². The van der Waals surface area contributed by atoms with Gasteiger partial charge in [-0.05, 0) is 43.2 Å². The summed E-state index contributed by atoms with van der Waals surface area (Å²) in [7, 11) is 1.52. The average Bonchev–Trinajstić information content (AvgIpc) is 3.12. The molecule has 3 aromatic rings. The molecule has 0 amide bonds. The number of methoxy groups -OCH3 is 1. The van der Waals surface area contributed by atoms with Gasteiger partial charge in [0.05, 0.1) is 24.6 Å². The lowest BCUT2D eigenvalue weighted by Crippen LogP contribution is -2.27. The van der Waals surface area contributed by atoms with Crippen molar-refractivity contribution in [3.05, 3.63) is 77.9 Å². The first-order chi connectivity index (χ1) is 15.2. The van der Waals surface area contributed by atoms with E-state index in [0.717, 1.165) is 40.2 Å². The Morgan fingerprint density at radius 3 is 2.23 bits per heavy atom. The quantitative estimate of drug-likeness (QED) is 0.486. The monoisotopic (exact) mass is 418 g/mol. The molecule has 6 heteroatoms. The van der Waals surface area contributed by atoms with Crippen LogP contribution < -0.4 is 4.74 Å². The van der Waals surface area contributed by atoms with E-state index in [-0.39, 0.29) is 11.9 Å². The summed E-state index contributed by atoms with van der Waals surface area (Å²) in [4.78, 5) is 21.1.